The van der Waals surface area contributed by atoms with Crippen molar-refractivity contribution in [2.75, 3.05) is 6.61 Å². The molecule has 1 aliphatic rings. The van der Waals surface area contributed by atoms with Crippen molar-refractivity contribution < 1.29 is 4.74 Å². The van der Waals surface area contributed by atoms with Crippen LogP contribution in [0.1, 0.15) is 43.7 Å². The second-order valence-electron chi connectivity index (χ2n) is 5.88. The third-order valence-corrected chi connectivity index (χ3v) is 4.35. The van der Waals surface area contributed by atoms with Crippen molar-refractivity contribution in [3.63, 3.8) is 0 Å². The van der Waals surface area contributed by atoms with E-state index in [0.29, 0.717) is 0 Å². The van der Waals surface area contributed by atoms with E-state index in [9.17, 15) is 0 Å². The summed E-state index contributed by atoms with van der Waals surface area (Å²) in [4.78, 5) is 0. The van der Waals surface area contributed by atoms with Crippen LogP contribution in [0.25, 0.3) is 5.57 Å². The van der Waals surface area contributed by atoms with Crippen LogP contribution >= 0.6 is 0 Å². The minimum atomic E-state index is 0.287. The zero-order chi connectivity index (χ0) is 15.2. The average Bonchev–Trinajstić information content (AvgIpc) is 3.03. The Balaban J connectivity index is 2.07. The Bertz CT molecular complexity index is 571. The zero-order valence-corrected chi connectivity index (χ0v) is 13.3. The van der Waals surface area contributed by atoms with Crippen LogP contribution in [0.5, 0.6) is 0 Å². The van der Waals surface area contributed by atoms with Gasteiger partial charge in [0.25, 0.3) is 0 Å². The first-order valence-corrected chi connectivity index (χ1v) is 8.35. The summed E-state index contributed by atoms with van der Waals surface area (Å²) in [6.07, 6.45) is 4.92. The van der Waals surface area contributed by atoms with Crippen LogP contribution in [0.3, 0.4) is 0 Å². The summed E-state index contributed by atoms with van der Waals surface area (Å²) in [6.45, 7) is 3.10. The minimum absolute atomic E-state index is 0.287. The van der Waals surface area contributed by atoms with Gasteiger partial charge in [-0.15, -0.1) is 0 Å². The van der Waals surface area contributed by atoms with E-state index in [0.717, 1.165) is 19.4 Å². The highest BCUT2D eigenvalue weighted by molar-refractivity contribution is 5.82. The van der Waals surface area contributed by atoms with Gasteiger partial charge in [0.1, 0.15) is 0 Å². The van der Waals surface area contributed by atoms with Gasteiger partial charge in [0.15, 0.2) is 0 Å². The highest BCUT2D eigenvalue weighted by Crippen LogP contribution is 2.35. The Morgan fingerprint density at radius 2 is 1.55 bits per heavy atom. The fourth-order valence-electron chi connectivity index (χ4n) is 3.25. The van der Waals surface area contributed by atoms with E-state index in [1.165, 1.54) is 35.1 Å². The monoisotopic (exact) mass is 292 g/mol. The third kappa shape index (κ3) is 3.31. The first-order valence-electron chi connectivity index (χ1n) is 8.35. The molecule has 2 aromatic rings. The Labute approximate surface area is 133 Å². The first kappa shape index (κ1) is 15.1. The molecule has 0 bridgehead atoms. The van der Waals surface area contributed by atoms with Gasteiger partial charge in [-0.25, -0.2) is 0 Å². The lowest BCUT2D eigenvalue weighted by Crippen LogP contribution is -2.09. The van der Waals surface area contributed by atoms with Crippen LogP contribution in [-0.2, 0) is 4.74 Å². The summed E-state index contributed by atoms with van der Waals surface area (Å²) >= 11 is 0. The van der Waals surface area contributed by atoms with Gasteiger partial charge in [-0.3, -0.25) is 0 Å². The number of hydrogen-bond donors (Lipinski definition) is 0. The molecule has 0 N–H and O–H groups in total. The smallest absolute Gasteiger partial charge is 0.0795 e. The summed E-state index contributed by atoms with van der Waals surface area (Å²) in [5.74, 6) is 0. The molecule has 0 aromatic heterocycles. The van der Waals surface area contributed by atoms with Gasteiger partial charge in [0.2, 0.25) is 0 Å². The predicted molar refractivity (Wildman–Crippen MR) is 92.8 cm³/mol. The second kappa shape index (κ2) is 7.42. The van der Waals surface area contributed by atoms with Crippen LogP contribution in [0.2, 0.25) is 0 Å². The van der Waals surface area contributed by atoms with Crippen molar-refractivity contribution >= 4 is 5.57 Å². The van der Waals surface area contributed by atoms with Gasteiger partial charge in [-0.2, -0.15) is 0 Å². The maximum atomic E-state index is 6.03. The van der Waals surface area contributed by atoms with Gasteiger partial charge >= 0.3 is 0 Å². The van der Waals surface area contributed by atoms with Gasteiger partial charge in [-0.05, 0) is 35.1 Å². The number of unbranched alkanes of at least 4 members (excludes halogenated alkanes) is 1. The van der Waals surface area contributed by atoms with E-state index in [4.69, 9.17) is 4.74 Å². The Hall–Kier alpha value is -1.86. The molecular formula is C21H24O. The molecule has 0 saturated carbocycles. The average molecular weight is 292 g/mol. The maximum Gasteiger partial charge on any atom is 0.0795 e. The van der Waals surface area contributed by atoms with E-state index in [1.54, 1.807) is 0 Å². The Morgan fingerprint density at radius 1 is 0.955 bits per heavy atom. The van der Waals surface area contributed by atoms with Gasteiger partial charge in [-0.1, -0.05) is 80.4 Å². The van der Waals surface area contributed by atoms with Crippen molar-refractivity contribution in [1.29, 1.82) is 0 Å². The molecule has 1 saturated heterocycles. The third-order valence-electron chi connectivity index (χ3n) is 4.35. The minimum Gasteiger partial charge on any atom is -0.374 e. The molecule has 2 aromatic carbocycles. The molecule has 1 aliphatic heterocycles. The largest absolute Gasteiger partial charge is 0.374 e. The lowest BCUT2D eigenvalue weighted by molar-refractivity contribution is 0.116. The lowest BCUT2D eigenvalue weighted by atomic mass is 9.89. The molecule has 22 heavy (non-hydrogen) atoms. The van der Waals surface area contributed by atoms with Crippen LogP contribution in [0, 0.1) is 0 Å². The van der Waals surface area contributed by atoms with Crippen LogP contribution in [-0.4, -0.2) is 12.7 Å². The highest BCUT2D eigenvalue weighted by Gasteiger charge is 2.25. The standard InChI is InChI=1S/C21H24O/c1-2-3-14-20-19(15-16-22-20)21(17-10-6-4-7-11-17)18-12-8-5-9-13-18/h4-13,20H,2-3,14-16H2,1H3. The Kier molecular flexibility index (Phi) is 5.07. The quantitative estimate of drug-likeness (QED) is 0.710. The maximum absolute atomic E-state index is 6.03. The second-order valence-corrected chi connectivity index (χ2v) is 5.88. The molecular weight excluding hydrogens is 268 g/mol. The van der Waals surface area contributed by atoms with Gasteiger partial charge < -0.3 is 4.74 Å². The van der Waals surface area contributed by atoms with E-state index in [1.807, 2.05) is 0 Å². The fraction of sp³-hybridized carbons (Fsp3) is 0.333. The molecule has 1 fully saturated rings. The molecule has 114 valence electrons. The van der Waals surface area contributed by atoms with E-state index in [2.05, 4.69) is 67.6 Å². The molecule has 1 heterocycles. The molecule has 1 heteroatoms. The molecule has 0 aliphatic carbocycles. The van der Waals surface area contributed by atoms with Crippen LogP contribution < -0.4 is 0 Å². The fourth-order valence-corrected chi connectivity index (χ4v) is 3.25. The SMILES string of the molecule is CCCCC1OCCC1=C(c1ccccc1)c1ccccc1. The topological polar surface area (TPSA) is 9.23 Å². The first-order chi connectivity index (χ1) is 10.9. The van der Waals surface area contributed by atoms with E-state index >= 15 is 0 Å². The van der Waals surface area contributed by atoms with Crippen molar-refractivity contribution in [1.82, 2.24) is 0 Å². The van der Waals surface area contributed by atoms with Crippen LogP contribution in [0.4, 0.5) is 0 Å². The summed E-state index contributed by atoms with van der Waals surface area (Å²) in [7, 11) is 0. The molecule has 1 atom stereocenters. The van der Waals surface area contributed by atoms with E-state index < -0.39 is 0 Å². The number of benzene rings is 2. The molecule has 3 rings (SSSR count). The van der Waals surface area contributed by atoms with Gasteiger partial charge in [0.05, 0.1) is 12.7 Å². The van der Waals surface area contributed by atoms with Crippen LogP contribution in [0.15, 0.2) is 66.2 Å². The number of rotatable bonds is 5. The summed E-state index contributed by atoms with van der Waals surface area (Å²) in [5.41, 5.74) is 5.46. The molecule has 1 unspecified atom stereocenters. The van der Waals surface area contributed by atoms with Crippen molar-refractivity contribution in [2.24, 2.45) is 0 Å². The zero-order valence-electron chi connectivity index (χ0n) is 13.3. The lowest BCUT2D eigenvalue weighted by Gasteiger charge is -2.18. The Morgan fingerprint density at radius 3 is 2.09 bits per heavy atom. The number of ether oxygens (including phenoxy) is 1. The number of hydrogen-bond acceptors (Lipinski definition) is 1. The van der Waals surface area contributed by atoms with Crippen molar-refractivity contribution in [2.45, 2.75) is 38.7 Å². The molecule has 0 amide bonds. The molecule has 1 nitrogen and oxygen atoms in total. The predicted octanol–water partition coefficient (Wildman–Crippen LogP) is 5.47. The summed E-state index contributed by atoms with van der Waals surface area (Å²) in [6, 6.07) is 21.5. The van der Waals surface area contributed by atoms with Crippen molar-refractivity contribution in [3.8, 4) is 0 Å². The van der Waals surface area contributed by atoms with E-state index in [-0.39, 0.29) is 6.10 Å². The van der Waals surface area contributed by atoms with Crippen molar-refractivity contribution in [3.05, 3.63) is 77.4 Å². The summed E-state index contributed by atoms with van der Waals surface area (Å²) in [5, 5.41) is 0. The highest BCUT2D eigenvalue weighted by atomic mass is 16.5. The molecule has 0 spiro atoms. The molecule has 0 radical (unpaired) electrons. The normalized spacial score (nSPS) is 17.7. The van der Waals surface area contributed by atoms with Gasteiger partial charge in [0, 0.05) is 0 Å². The summed E-state index contributed by atoms with van der Waals surface area (Å²) < 4.78 is 6.03.